The Morgan fingerprint density at radius 2 is 2.19 bits per heavy atom. The third-order valence-corrected chi connectivity index (χ3v) is 3.76. The van der Waals surface area contributed by atoms with Crippen LogP contribution in [0.2, 0.25) is 0 Å². The van der Waals surface area contributed by atoms with Gasteiger partial charge >= 0.3 is 5.97 Å². The highest BCUT2D eigenvalue weighted by atomic mass is 16.4. The quantitative estimate of drug-likeness (QED) is 0.643. The molecule has 0 saturated heterocycles. The monoisotopic (exact) mass is 229 g/mol. The van der Waals surface area contributed by atoms with E-state index in [0.717, 1.165) is 12.8 Å². The molecule has 16 heavy (non-hydrogen) atoms. The second-order valence-electron chi connectivity index (χ2n) is 5.33. The molecule has 1 saturated carbocycles. The van der Waals surface area contributed by atoms with Gasteiger partial charge in [-0.1, -0.05) is 33.6 Å². The third kappa shape index (κ3) is 2.74. The fraction of sp³-hybridized carbons (Fsp3) is 0.917. The molecule has 1 aliphatic carbocycles. The number of carboxylic acid groups (broad SMARTS) is 1. The summed E-state index contributed by atoms with van der Waals surface area (Å²) >= 11 is 0. The van der Waals surface area contributed by atoms with Crippen LogP contribution in [0.25, 0.3) is 0 Å². The van der Waals surface area contributed by atoms with Crippen LogP contribution in [0.5, 0.6) is 0 Å². The largest absolute Gasteiger partial charge is 0.480 e. The second kappa shape index (κ2) is 5.15. The molecule has 0 aliphatic heterocycles. The van der Waals surface area contributed by atoms with Crippen molar-refractivity contribution >= 4 is 5.97 Å². The summed E-state index contributed by atoms with van der Waals surface area (Å²) in [6.07, 6.45) is 2.92. The van der Waals surface area contributed by atoms with E-state index in [2.05, 4.69) is 12.2 Å². The smallest absolute Gasteiger partial charge is 0.320 e. The van der Waals surface area contributed by atoms with E-state index in [4.69, 9.17) is 5.11 Å². The third-order valence-electron chi connectivity index (χ3n) is 3.76. The molecule has 4 nitrogen and oxygen atoms in total. The van der Waals surface area contributed by atoms with Crippen LogP contribution in [0.15, 0.2) is 0 Å². The number of carbonyl (C=O) groups is 1. The molecule has 3 atom stereocenters. The van der Waals surface area contributed by atoms with Gasteiger partial charge in [0.1, 0.15) is 6.04 Å². The summed E-state index contributed by atoms with van der Waals surface area (Å²) in [6, 6.07) is -0.364. The number of rotatable bonds is 6. The van der Waals surface area contributed by atoms with Gasteiger partial charge in [0, 0.05) is 11.5 Å². The predicted octanol–water partition coefficient (Wildman–Crippen LogP) is 1.38. The molecule has 94 valence electrons. The van der Waals surface area contributed by atoms with Gasteiger partial charge in [-0.2, -0.15) is 0 Å². The number of hydrogen-bond donors (Lipinski definition) is 3. The lowest BCUT2D eigenvalue weighted by molar-refractivity contribution is -0.142. The first kappa shape index (κ1) is 13.5. The topological polar surface area (TPSA) is 69.6 Å². The minimum atomic E-state index is -0.786. The molecule has 0 amide bonds. The highest BCUT2D eigenvalue weighted by molar-refractivity contribution is 5.73. The summed E-state index contributed by atoms with van der Waals surface area (Å²) in [5, 5.41) is 21.8. The number of aliphatic hydroxyl groups is 1. The average molecular weight is 229 g/mol. The zero-order valence-electron chi connectivity index (χ0n) is 10.4. The number of aliphatic hydroxyl groups excluding tert-OH is 1. The maximum Gasteiger partial charge on any atom is 0.320 e. The van der Waals surface area contributed by atoms with Crippen LogP contribution in [0.4, 0.5) is 0 Å². The van der Waals surface area contributed by atoms with Crippen molar-refractivity contribution in [3.63, 3.8) is 0 Å². The van der Waals surface area contributed by atoms with E-state index in [1.54, 1.807) is 0 Å². The first-order chi connectivity index (χ1) is 7.39. The standard InChI is InChI=1S/C12H23NO3/c1-4-5-6-8(11(15)16)13-9-7-10(14)12(9,2)3/h8-10,13-14H,4-7H2,1-3H3,(H,15,16). The van der Waals surface area contributed by atoms with Crippen molar-refractivity contribution in [3.05, 3.63) is 0 Å². The van der Waals surface area contributed by atoms with Crippen molar-refractivity contribution in [1.82, 2.24) is 5.32 Å². The summed E-state index contributed by atoms with van der Waals surface area (Å²) in [7, 11) is 0. The molecular formula is C12H23NO3. The Balaban J connectivity index is 2.47. The van der Waals surface area contributed by atoms with E-state index in [-0.39, 0.29) is 17.6 Å². The van der Waals surface area contributed by atoms with Crippen LogP contribution in [-0.4, -0.2) is 34.4 Å². The summed E-state index contributed by atoms with van der Waals surface area (Å²) in [4.78, 5) is 11.0. The van der Waals surface area contributed by atoms with E-state index in [1.165, 1.54) is 0 Å². The van der Waals surface area contributed by atoms with Crippen molar-refractivity contribution in [2.45, 2.75) is 64.6 Å². The van der Waals surface area contributed by atoms with Crippen LogP contribution in [0.1, 0.15) is 46.5 Å². The van der Waals surface area contributed by atoms with E-state index < -0.39 is 12.0 Å². The van der Waals surface area contributed by atoms with Crippen molar-refractivity contribution in [2.75, 3.05) is 0 Å². The average Bonchev–Trinajstić information content (AvgIpc) is 2.22. The van der Waals surface area contributed by atoms with Gasteiger partial charge in [0.25, 0.3) is 0 Å². The Labute approximate surface area is 97.0 Å². The Kier molecular flexibility index (Phi) is 4.33. The summed E-state index contributed by atoms with van der Waals surface area (Å²) in [5.74, 6) is -0.786. The van der Waals surface area contributed by atoms with E-state index in [1.807, 2.05) is 13.8 Å². The van der Waals surface area contributed by atoms with Crippen molar-refractivity contribution < 1.29 is 15.0 Å². The normalized spacial score (nSPS) is 29.5. The van der Waals surface area contributed by atoms with Crippen molar-refractivity contribution in [2.24, 2.45) is 5.41 Å². The molecule has 1 aliphatic rings. The van der Waals surface area contributed by atoms with Crippen LogP contribution < -0.4 is 5.32 Å². The summed E-state index contributed by atoms with van der Waals surface area (Å²) < 4.78 is 0. The minimum absolute atomic E-state index is 0.112. The van der Waals surface area contributed by atoms with Gasteiger partial charge in [0.05, 0.1) is 6.10 Å². The predicted molar refractivity (Wildman–Crippen MR) is 62.3 cm³/mol. The van der Waals surface area contributed by atoms with Gasteiger partial charge in [-0.15, -0.1) is 0 Å². The lowest BCUT2D eigenvalue weighted by Gasteiger charge is -2.50. The number of carboxylic acids is 1. The SMILES string of the molecule is CCCCC(NC1CC(O)C1(C)C)C(=O)O. The molecule has 0 radical (unpaired) electrons. The van der Waals surface area contributed by atoms with E-state index in [9.17, 15) is 9.90 Å². The number of hydrogen-bond acceptors (Lipinski definition) is 3. The number of nitrogens with one attached hydrogen (secondary N) is 1. The Morgan fingerprint density at radius 3 is 2.56 bits per heavy atom. The fourth-order valence-corrected chi connectivity index (χ4v) is 2.11. The Bertz CT molecular complexity index is 253. The lowest BCUT2D eigenvalue weighted by Crippen LogP contribution is -2.63. The first-order valence-electron chi connectivity index (χ1n) is 6.06. The summed E-state index contributed by atoms with van der Waals surface area (Å²) in [6.45, 7) is 5.99. The maximum absolute atomic E-state index is 11.0. The van der Waals surface area contributed by atoms with Gasteiger partial charge < -0.3 is 15.5 Å². The highest BCUT2D eigenvalue weighted by Crippen LogP contribution is 2.40. The highest BCUT2D eigenvalue weighted by Gasteiger charge is 2.48. The number of unbranched alkanes of at least 4 members (excludes halogenated alkanes) is 1. The van der Waals surface area contributed by atoms with Gasteiger partial charge in [-0.25, -0.2) is 0 Å². The van der Waals surface area contributed by atoms with Gasteiger partial charge in [-0.3, -0.25) is 4.79 Å². The van der Waals surface area contributed by atoms with Crippen LogP contribution in [-0.2, 0) is 4.79 Å². The van der Waals surface area contributed by atoms with E-state index >= 15 is 0 Å². The first-order valence-corrected chi connectivity index (χ1v) is 6.06. The molecule has 0 aromatic carbocycles. The van der Waals surface area contributed by atoms with E-state index in [0.29, 0.717) is 12.8 Å². The number of aliphatic carboxylic acids is 1. The maximum atomic E-state index is 11.0. The lowest BCUT2D eigenvalue weighted by atomic mass is 9.64. The fourth-order valence-electron chi connectivity index (χ4n) is 2.11. The molecule has 0 heterocycles. The van der Waals surface area contributed by atoms with Crippen LogP contribution in [0.3, 0.4) is 0 Å². The van der Waals surface area contributed by atoms with Crippen LogP contribution in [0, 0.1) is 5.41 Å². The zero-order chi connectivity index (χ0) is 12.3. The molecule has 3 N–H and O–H groups in total. The molecule has 0 aromatic rings. The van der Waals surface area contributed by atoms with Crippen molar-refractivity contribution in [3.8, 4) is 0 Å². The molecule has 0 bridgehead atoms. The minimum Gasteiger partial charge on any atom is -0.480 e. The van der Waals surface area contributed by atoms with Gasteiger partial charge in [0.2, 0.25) is 0 Å². The molecule has 0 aromatic heterocycles. The second-order valence-corrected chi connectivity index (χ2v) is 5.33. The van der Waals surface area contributed by atoms with Gasteiger partial charge in [0.15, 0.2) is 0 Å². The zero-order valence-corrected chi connectivity index (χ0v) is 10.4. The molecule has 3 unspecified atom stereocenters. The molecule has 4 heteroatoms. The molecule has 0 spiro atoms. The van der Waals surface area contributed by atoms with Gasteiger partial charge in [-0.05, 0) is 12.8 Å². The Hall–Kier alpha value is -0.610. The molecular weight excluding hydrogens is 206 g/mol. The van der Waals surface area contributed by atoms with Crippen molar-refractivity contribution in [1.29, 1.82) is 0 Å². The Morgan fingerprint density at radius 1 is 1.56 bits per heavy atom. The summed E-state index contributed by atoms with van der Waals surface area (Å²) in [5.41, 5.74) is -0.208. The molecule has 1 rings (SSSR count). The molecule has 1 fully saturated rings. The van der Waals surface area contributed by atoms with Crippen LogP contribution >= 0.6 is 0 Å².